The van der Waals surface area contributed by atoms with Crippen molar-refractivity contribution in [1.29, 1.82) is 0 Å². The van der Waals surface area contributed by atoms with E-state index in [0.717, 1.165) is 50.0 Å². The molecule has 1 aliphatic heterocycles. The predicted octanol–water partition coefficient (Wildman–Crippen LogP) is 5.93. The monoisotopic (exact) mass is 363 g/mol. The van der Waals surface area contributed by atoms with Gasteiger partial charge in [-0.1, -0.05) is 60.7 Å². The average molecular weight is 363 g/mol. The molecule has 1 aromatic heterocycles. The summed E-state index contributed by atoms with van der Waals surface area (Å²) in [4.78, 5) is 0. The molecule has 4 aromatic carbocycles. The molecular weight excluding hydrogens is 346 g/mol. The van der Waals surface area contributed by atoms with Crippen LogP contribution in [-0.2, 0) is 5.60 Å². The van der Waals surface area contributed by atoms with Crippen LogP contribution >= 0.6 is 0 Å². The Labute approximate surface area is 161 Å². The number of anilines is 2. The van der Waals surface area contributed by atoms with Crippen LogP contribution in [0.3, 0.4) is 0 Å². The number of benzene rings is 4. The van der Waals surface area contributed by atoms with Gasteiger partial charge in [-0.15, -0.1) is 0 Å². The van der Waals surface area contributed by atoms with Gasteiger partial charge in [-0.3, -0.25) is 0 Å². The average Bonchev–Trinajstić information content (AvgIpc) is 3.12. The van der Waals surface area contributed by atoms with Crippen molar-refractivity contribution in [1.82, 2.24) is 0 Å². The third-order valence-electron chi connectivity index (χ3n) is 5.70. The molecule has 0 aliphatic carbocycles. The van der Waals surface area contributed by atoms with Crippen molar-refractivity contribution < 1.29 is 9.52 Å². The molecule has 0 fully saturated rings. The van der Waals surface area contributed by atoms with E-state index in [1.54, 1.807) is 0 Å². The first-order valence-corrected chi connectivity index (χ1v) is 9.35. The Balaban J connectivity index is 1.69. The molecule has 134 valence electrons. The van der Waals surface area contributed by atoms with Crippen LogP contribution in [0.4, 0.5) is 11.4 Å². The maximum Gasteiger partial charge on any atom is 0.144 e. The van der Waals surface area contributed by atoms with Gasteiger partial charge in [0.25, 0.3) is 0 Å². The maximum atomic E-state index is 12.1. The topological polar surface area (TPSA) is 45.4 Å². The second kappa shape index (κ2) is 5.47. The molecule has 0 unspecified atom stereocenters. The first-order valence-electron chi connectivity index (χ1n) is 9.35. The van der Waals surface area contributed by atoms with Crippen molar-refractivity contribution in [3.8, 4) is 0 Å². The van der Waals surface area contributed by atoms with Gasteiger partial charge < -0.3 is 14.8 Å². The summed E-state index contributed by atoms with van der Waals surface area (Å²) in [5.74, 6) is 0. The molecule has 3 nitrogen and oxygen atoms in total. The highest BCUT2D eigenvalue weighted by Crippen LogP contribution is 2.48. The Kier molecular flexibility index (Phi) is 3.03. The quantitative estimate of drug-likeness (QED) is 0.388. The van der Waals surface area contributed by atoms with Gasteiger partial charge in [0, 0.05) is 33.3 Å². The van der Waals surface area contributed by atoms with Crippen LogP contribution in [0.1, 0.15) is 16.7 Å². The van der Waals surface area contributed by atoms with Gasteiger partial charge in [0.05, 0.1) is 0 Å². The molecule has 2 heterocycles. The van der Waals surface area contributed by atoms with E-state index in [-0.39, 0.29) is 0 Å². The van der Waals surface area contributed by atoms with E-state index in [1.807, 2.05) is 78.9 Å². The largest absolute Gasteiger partial charge is 0.456 e. The lowest BCUT2D eigenvalue weighted by Gasteiger charge is -2.37. The van der Waals surface area contributed by atoms with Crippen LogP contribution in [0.25, 0.3) is 21.9 Å². The highest BCUT2D eigenvalue weighted by atomic mass is 16.3. The third-order valence-corrected chi connectivity index (χ3v) is 5.70. The number of fused-ring (bicyclic) bond motifs is 5. The number of nitrogens with one attached hydrogen (secondary N) is 1. The number of rotatable bonds is 1. The Morgan fingerprint density at radius 2 is 1.25 bits per heavy atom. The lowest BCUT2D eigenvalue weighted by molar-refractivity contribution is 0.126. The Morgan fingerprint density at radius 1 is 0.643 bits per heavy atom. The van der Waals surface area contributed by atoms with Crippen LogP contribution in [0.15, 0.2) is 95.4 Å². The lowest BCUT2D eigenvalue weighted by atomic mass is 9.76. The zero-order valence-corrected chi connectivity index (χ0v) is 15.0. The Bertz CT molecular complexity index is 1320. The Morgan fingerprint density at radius 3 is 2.00 bits per heavy atom. The summed E-state index contributed by atoms with van der Waals surface area (Å²) < 4.78 is 5.97. The molecule has 28 heavy (non-hydrogen) atoms. The SMILES string of the molecule is OC1(c2ccc3oc4ccccc4c3c2)c2ccccc2Nc2ccccc21. The molecule has 0 amide bonds. The fraction of sp³-hybridized carbons (Fsp3) is 0.0400. The lowest BCUT2D eigenvalue weighted by Crippen LogP contribution is -2.33. The molecular formula is C25H17NO2. The van der Waals surface area contributed by atoms with Crippen LogP contribution in [0, 0.1) is 0 Å². The summed E-state index contributed by atoms with van der Waals surface area (Å²) in [5.41, 5.74) is 4.79. The van der Waals surface area contributed by atoms with Gasteiger partial charge in [-0.25, -0.2) is 0 Å². The van der Waals surface area contributed by atoms with Crippen molar-refractivity contribution >= 4 is 33.3 Å². The molecule has 0 spiro atoms. The summed E-state index contributed by atoms with van der Waals surface area (Å²) in [6, 6.07) is 29.8. The summed E-state index contributed by atoms with van der Waals surface area (Å²) in [5, 5.41) is 17.7. The minimum atomic E-state index is -1.25. The van der Waals surface area contributed by atoms with Crippen LogP contribution in [-0.4, -0.2) is 5.11 Å². The summed E-state index contributed by atoms with van der Waals surface area (Å²) in [6.45, 7) is 0. The van der Waals surface area contributed by atoms with Crippen LogP contribution in [0.5, 0.6) is 0 Å². The first kappa shape index (κ1) is 15.5. The van der Waals surface area contributed by atoms with Crippen molar-refractivity contribution in [2.75, 3.05) is 5.32 Å². The molecule has 0 atom stereocenters. The molecule has 0 saturated carbocycles. The number of furan rings is 1. The standard InChI is InChI=1S/C25H17NO2/c27-25(16-13-14-24-18(15-16)17-7-1-6-12-23(17)28-24)19-8-2-4-10-21(19)26-22-11-5-3-9-20(22)25/h1-15,26-27H. The van der Waals surface area contributed by atoms with E-state index < -0.39 is 5.60 Å². The van der Waals surface area contributed by atoms with Gasteiger partial charge in [0.15, 0.2) is 0 Å². The second-order valence-electron chi connectivity index (χ2n) is 7.24. The summed E-state index contributed by atoms with van der Waals surface area (Å²) in [6.07, 6.45) is 0. The molecule has 0 saturated heterocycles. The highest BCUT2D eigenvalue weighted by Gasteiger charge is 2.40. The highest BCUT2D eigenvalue weighted by molar-refractivity contribution is 6.05. The normalized spacial score (nSPS) is 14.5. The fourth-order valence-corrected chi connectivity index (χ4v) is 4.37. The minimum absolute atomic E-state index is 0.823. The number of hydrogen-bond donors (Lipinski definition) is 2. The van der Waals surface area contributed by atoms with E-state index in [0.29, 0.717) is 0 Å². The third kappa shape index (κ3) is 1.97. The van der Waals surface area contributed by atoms with Crippen molar-refractivity contribution in [2.45, 2.75) is 5.60 Å². The maximum absolute atomic E-state index is 12.1. The smallest absolute Gasteiger partial charge is 0.144 e. The molecule has 5 aromatic rings. The van der Waals surface area contributed by atoms with E-state index in [1.165, 1.54) is 0 Å². The summed E-state index contributed by atoms with van der Waals surface area (Å²) >= 11 is 0. The van der Waals surface area contributed by atoms with E-state index >= 15 is 0 Å². The zero-order chi connectivity index (χ0) is 18.7. The number of para-hydroxylation sites is 3. The number of hydrogen-bond acceptors (Lipinski definition) is 3. The molecule has 2 N–H and O–H groups in total. The minimum Gasteiger partial charge on any atom is -0.456 e. The number of aliphatic hydroxyl groups is 1. The van der Waals surface area contributed by atoms with Crippen molar-refractivity contribution in [2.24, 2.45) is 0 Å². The van der Waals surface area contributed by atoms with Gasteiger partial charge in [-0.05, 0) is 35.9 Å². The van der Waals surface area contributed by atoms with Crippen LogP contribution < -0.4 is 5.32 Å². The van der Waals surface area contributed by atoms with Gasteiger partial charge in [-0.2, -0.15) is 0 Å². The van der Waals surface area contributed by atoms with E-state index in [9.17, 15) is 5.11 Å². The Hall–Kier alpha value is -3.56. The van der Waals surface area contributed by atoms with Gasteiger partial charge >= 0.3 is 0 Å². The molecule has 6 rings (SSSR count). The molecule has 0 bridgehead atoms. The summed E-state index contributed by atoms with van der Waals surface area (Å²) in [7, 11) is 0. The van der Waals surface area contributed by atoms with Gasteiger partial charge in [0.2, 0.25) is 0 Å². The van der Waals surface area contributed by atoms with E-state index in [4.69, 9.17) is 4.42 Å². The molecule has 3 heteroatoms. The molecule has 1 aliphatic rings. The first-order chi connectivity index (χ1) is 13.7. The van der Waals surface area contributed by atoms with Crippen molar-refractivity contribution in [3.05, 3.63) is 108 Å². The fourth-order valence-electron chi connectivity index (χ4n) is 4.37. The van der Waals surface area contributed by atoms with Crippen LogP contribution in [0.2, 0.25) is 0 Å². The van der Waals surface area contributed by atoms with E-state index in [2.05, 4.69) is 17.4 Å². The predicted molar refractivity (Wildman–Crippen MR) is 112 cm³/mol. The zero-order valence-electron chi connectivity index (χ0n) is 15.0. The van der Waals surface area contributed by atoms with Crippen molar-refractivity contribution in [3.63, 3.8) is 0 Å². The van der Waals surface area contributed by atoms with Gasteiger partial charge in [0.1, 0.15) is 16.8 Å². The second-order valence-corrected chi connectivity index (χ2v) is 7.24. The molecule has 0 radical (unpaired) electrons.